The number of ketones is 1. The smallest absolute Gasteiger partial charge is 0.182 e. The predicted molar refractivity (Wildman–Crippen MR) is 76.7 cm³/mol. The first-order chi connectivity index (χ1) is 9.11. The molecular formula is C15H17ClN2O. The van der Waals surface area contributed by atoms with E-state index in [0.717, 1.165) is 6.42 Å². The average molecular weight is 277 g/mol. The number of carbonyl (C=O) groups is 1. The molecule has 100 valence electrons. The molecule has 2 rings (SSSR count). The molecule has 2 aromatic rings. The van der Waals surface area contributed by atoms with Gasteiger partial charge in [0.1, 0.15) is 5.69 Å². The van der Waals surface area contributed by atoms with Gasteiger partial charge in [-0.15, -0.1) is 0 Å². The van der Waals surface area contributed by atoms with Crippen LogP contribution in [0.4, 0.5) is 0 Å². The summed E-state index contributed by atoms with van der Waals surface area (Å²) < 4.78 is 1.65. The highest BCUT2D eigenvalue weighted by Crippen LogP contribution is 2.18. The lowest BCUT2D eigenvalue weighted by atomic mass is 10.0. The summed E-state index contributed by atoms with van der Waals surface area (Å²) in [6, 6.07) is 8.21. The van der Waals surface area contributed by atoms with E-state index < -0.39 is 0 Å². The van der Waals surface area contributed by atoms with Gasteiger partial charge in [0, 0.05) is 13.0 Å². The van der Waals surface area contributed by atoms with Gasteiger partial charge in [-0.3, -0.25) is 9.48 Å². The lowest BCUT2D eigenvalue weighted by Crippen LogP contribution is -2.10. The minimum atomic E-state index is 0.0471. The topological polar surface area (TPSA) is 34.9 Å². The first-order valence-corrected chi connectivity index (χ1v) is 6.79. The Kier molecular flexibility index (Phi) is 4.38. The van der Waals surface area contributed by atoms with E-state index in [0.29, 0.717) is 23.7 Å². The molecule has 4 heteroatoms. The van der Waals surface area contributed by atoms with Gasteiger partial charge in [-0.2, -0.15) is 5.10 Å². The van der Waals surface area contributed by atoms with Crippen LogP contribution in [-0.4, -0.2) is 15.6 Å². The molecule has 1 aromatic heterocycles. The van der Waals surface area contributed by atoms with E-state index in [4.69, 9.17) is 11.6 Å². The number of nitrogens with zero attached hydrogens (tertiary/aromatic N) is 2. The third-order valence-corrected chi connectivity index (χ3v) is 3.36. The SMILES string of the molecule is CCn1ncc(Cl)c1C(=O)CCc1cccc(C)c1. The molecular weight excluding hydrogens is 260 g/mol. The molecule has 0 bridgehead atoms. The zero-order valence-corrected chi connectivity index (χ0v) is 11.9. The van der Waals surface area contributed by atoms with Crippen molar-refractivity contribution in [1.82, 2.24) is 9.78 Å². The second kappa shape index (κ2) is 6.02. The third-order valence-electron chi connectivity index (χ3n) is 3.08. The van der Waals surface area contributed by atoms with Crippen molar-refractivity contribution in [3.05, 3.63) is 52.3 Å². The van der Waals surface area contributed by atoms with Gasteiger partial charge < -0.3 is 0 Å². The summed E-state index contributed by atoms with van der Waals surface area (Å²) in [5.41, 5.74) is 2.91. The Hall–Kier alpha value is -1.61. The molecule has 3 nitrogen and oxygen atoms in total. The Morgan fingerprint density at radius 3 is 2.89 bits per heavy atom. The summed E-state index contributed by atoms with van der Waals surface area (Å²) in [6.45, 7) is 4.65. The number of Topliss-reactive ketones (excluding diaryl/α,β-unsaturated/α-hetero) is 1. The van der Waals surface area contributed by atoms with Crippen molar-refractivity contribution in [2.75, 3.05) is 0 Å². The number of hydrogen-bond donors (Lipinski definition) is 0. The van der Waals surface area contributed by atoms with Crippen molar-refractivity contribution in [3.63, 3.8) is 0 Å². The maximum atomic E-state index is 12.2. The van der Waals surface area contributed by atoms with Gasteiger partial charge in [0.25, 0.3) is 0 Å². The molecule has 0 saturated heterocycles. The third kappa shape index (κ3) is 3.24. The highest BCUT2D eigenvalue weighted by Gasteiger charge is 2.16. The summed E-state index contributed by atoms with van der Waals surface area (Å²) in [7, 11) is 0. The minimum absolute atomic E-state index is 0.0471. The minimum Gasteiger partial charge on any atom is -0.292 e. The van der Waals surface area contributed by atoms with Gasteiger partial charge in [0.15, 0.2) is 5.78 Å². The fourth-order valence-electron chi connectivity index (χ4n) is 2.12. The number of benzene rings is 1. The summed E-state index contributed by atoms with van der Waals surface area (Å²) >= 11 is 6.02. The highest BCUT2D eigenvalue weighted by molar-refractivity contribution is 6.33. The number of hydrogen-bond acceptors (Lipinski definition) is 2. The molecule has 0 unspecified atom stereocenters. The molecule has 0 N–H and O–H groups in total. The van der Waals surface area contributed by atoms with Crippen LogP contribution in [0.2, 0.25) is 5.02 Å². The molecule has 0 saturated carbocycles. The van der Waals surface area contributed by atoms with Crippen molar-refractivity contribution in [1.29, 1.82) is 0 Å². The summed E-state index contributed by atoms with van der Waals surface area (Å²) in [5, 5.41) is 4.53. The van der Waals surface area contributed by atoms with Crippen molar-refractivity contribution < 1.29 is 4.79 Å². The molecule has 0 amide bonds. The zero-order valence-electron chi connectivity index (χ0n) is 11.2. The molecule has 19 heavy (non-hydrogen) atoms. The quantitative estimate of drug-likeness (QED) is 0.781. The van der Waals surface area contributed by atoms with Crippen LogP contribution in [0, 0.1) is 6.92 Å². The van der Waals surface area contributed by atoms with E-state index in [-0.39, 0.29) is 5.78 Å². The van der Waals surface area contributed by atoms with Crippen LogP contribution < -0.4 is 0 Å². The van der Waals surface area contributed by atoms with Crippen LogP contribution in [0.1, 0.15) is 35.0 Å². The second-order valence-corrected chi connectivity index (χ2v) is 4.98. The molecule has 1 aromatic carbocycles. The molecule has 0 radical (unpaired) electrons. The number of carbonyl (C=O) groups excluding carboxylic acids is 1. The summed E-state index contributed by atoms with van der Waals surface area (Å²) in [5.74, 6) is 0.0471. The molecule has 0 spiro atoms. The van der Waals surface area contributed by atoms with Crippen molar-refractivity contribution in [2.24, 2.45) is 0 Å². The monoisotopic (exact) mass is 276 g/mol. The molecule has 0 aliphatic heterocycles. The van der Waals surface area contributed by atoms with Gasteiger partial charge in [0.05, 0.1) is 11.2 Å². The van der Waals surface area contributed by atoms with Crippen LogP contribution in [0.15, 0.2) is 30.5 Å². The Bertz CT molecular complexity index is 590. The summed E-state index contributed by atoms with van der Waals surface area (Å²) in [4.78, 5) is 12.2. The van der Waals surface area contributed by atoms with Crippen LogP contribution in [0.5, 0.6) is 0 Å². The predicted octanol–water partition coefficient (Wildman–Crippen LogP) is 3.68. The highest BCUT2D eigenvalue weighted by atomic mass is 35.5. The lowest BCUT2D eigenvalue weighted by molar-refractivity contribution is 0.0972. The number of aromatic nitrogens is 2. The van der Waals surface area contributed by atoms with Crippen LogP contribution >= 0.6 is 11.6 Å². The first-order valence-electron chi connectivity index (χ1n) is 6.42. The fourth-order valence-corrected chi connectivity index (χ4v) is 2.37. The van der Waals surface area contributed by atoms with Crippen molar-refractivity contribution in [3.8, 4) is 0 Å². The van der Waals surface area contributed by atoms with Gasteiger partial charge in [0.2, 0.25) is 0 Å². The van der Waals surface area contributed by atoms with Gasteiger partial charge >= 0.3 is 0 Å². The van der Waals surface area contributed by atoms with Crippen molar-refractivity contribution in [2.45, 2.75) is 33.2 Å². The van der Waals surface area contributed by atoms with E-state index in [1.807, 2.05) is 32.0 Å². The van der Waals surface area contributed by atoms with E-state index in [9.17, 15) is 4.79 Å². The van der Waals surface area contributed by atoms with E-state index in [1.54, 1.807) is 4.68 Å². The Morgan fingerprint density at radius 2 is 2.21 bits per heavy atom. The Morgan fingerprint density at radius 1 is 1.42 bits per heavy atom. The normalized spacial score (nSPS) is 10.7. The maximum Gasteiger partial charge on any atom is 0.182 e. The van der Waals surface area contributed by atoms with E-state index in [2.05, 4.69) is 11.2 Å². The molecule has 0 fully saturated rings. The number of halogens is 1. The fraction of sp³-hybridized carbons (Fsp3) is 0.333. The maximum absolute atomic E-state index is 12.2. The van der Waals surface area contributed by atoms with Crippen LogP contribution in [0.25, 0.3) is 0 Å². The van der Waals surface area contributed by atoms with Crippen LogP contribution in [-0.2, 0) is 13.0 Å². The Balaban J connectivity index is 2.07. The van der Waals surface area contributed by atoms with Gasteiger partial charge in [-0.25, -0.2) is 0 Å². The van der Waals surface area contributed by atoms with Crippen LogP contribution in [0.3, 0.4) is 0 Å². The zero-order chi connectivity index (χ0) is 13.8. The molecule has 0 atom stereocenters. The average Bonchev–Trinajstić information content (AvgIpc) is 2.77. The van der Waals surface area contributed by atoms with Gasteiger partial charge in [-0.05, 0) is 25.8 Å². The molecule has 1 heterocycles. The molecule has 0 aliphatic rings. The number of aryl methyl sites for hydroxylation is 3. The summed E-state index contributed by atoms with van der Waals surface area (Å²) in [6.07, 6.45) is 2.71. The van der Waals surface area contributed by atoms with E-state index >= 15 is 0 Å². The van der Waals surface area contributed by atoms with Gasteiger partial charge in [-0.1, -0.05) is 41.4 Å². The standard InChI is InChI=1S/C15H17ClN2O/c1-3-18-15(13(16)10-17-18)14(19)8-7-12-6-4-5-11(2)9-12/h4-6,9-10H,3,7-8H2,1-2H3. The molecule has 0 aliphatic carbocycles. The lowest BCUT2D eigenvalue weighted by Gasteiger charge is -2.05. The largest absolute Gasteiger partial charge is 0.292 e. The number of rotatable bonds is 5. The van der Waals surface area contributed by atoms with Crippen molar-refractivity contribution >= 4 is 17.4 Å². The van der Waals surface area contributed by atoms with E-state index in [1.165, 1.54) is 17.3 Å². The second-order valence-electron chi connectivity index (χ2n) is 4.57. The first kappa shape index (κ1) is 13.8. The Labute approximate surface area is 118 Å².